The lowest BCUT2D eigenvalue weighted by molar-refractivity contribution is 0.590. The molecule has 0 atom stereocenters. The first-order valence-electron chi connectivity index (χ1n) is 6.57. The minimum atomic E-state index is -2.64. The molecule has 0 aliphatic heterocycles. The van der Waals surface area contributed by atoms with Crippen molar-refractivity contribution >= 4 is 0 Å². The first-order valence-corrected chi connectivity index (χ1v) is 4.07. The molecule has 1 aromatic rings. The summed E-state index contributed by atoms with van der Waals surface area (Å²) in [7, 11) is 0. The highest BCUT2D eigenvalue weighted by atomic mass is 14.2. The van der Waals surface area contributed by atoms with E-state index in [0.29, 0.717) is 0 Å². The maximum Gasteiger partial charge on any atom is 0.0313 e. The van der Waals surface area contributed by atoms with E-state index in [4.69, 9.17) is 6.85 Å². The molecule has 0 aliphatic rings. The summed E-state index contributed by atoms with van der Waals surface area (Å²) in [5, 5.41) is 0. The van der Waals surface area contributed by atoms with Gasteiger partial charge in [-0.2, -0.15) is 0 Å². The highest BCUT2D eigenvalue weighted by Crippen LogP contribution is 2.22. The molecule has 0 heteroatoms. The molecule has 0 heterocycles. The molecule has 0 saturated heterocycles. The van der Waals surface area contributed by atoms with Crippen LogP contribution in [0.2, 0.25) is 0 Å². The second-order valence-electron chi connectivity index (χ2n) is 3.95. The van der Waals surface area contributed by atoms with Crippen molar-refractivity contribution in [3.8, 4) is 0 Å². The number of benzene rings is 1. The van der Waals surface area contributed by atoms with Gasteiger partial charge >= 0.3 is 0 Å². The monoisotopic (exact) mass is 167 g/mol. The van der Waals surface area contributed by atoms with E-state index in [0.717, 1.165) is 5.56 Å². The Kier molecular flexibility index (Phi) is 1.23. The fraction of sp³-hybridized carbons (Fsp3) is 0.500. The Morgan fingerprint density at radius 3 is 2.25 bits per heavy atom. The average molecular weight is 167 g/mol. The molecule has 0 nitrogen and oxygen atoms in total. The van der Waals surface area contributed by atoms with E-state index in [1.165, 1.54) is 0 Å². The Morgan fingerprint density at radius 1 is 1.25 bits per heavy atom. The van der Waals surface area contributed by atoms with Gasteiger partial charge in [-0.1, -0.05) is 51.9 Å². The van der Waals surface area contributed by atoms with E-state index in [1.807, 2.05) is 0 Å². The van der Waals surface area contributed by atoms with E-state index < -0.39 is 13.2 Å². The van der Waals surface area contributed by atoms with Crippen molar-refractivity contribution in [3.63, 3.8) is 0 Å². The maximum atomic E-state index is 7.65. The summed E-state index contributed by atoms with van der Waals surface area (Å²) in [5.41, 5.74) is 1.23. The molecular weight excluding hydrogens is 144 g/mol. The average Bonchev–Trinajstić information content (AvgIpc) is 2.15. The molecule has 0 N–H and O–H groups in total. The zero-order valence-electron chi connectivity index (χ0n) is 12.8. The molecule has 1 rings (SSSR count). The van der Waals surface area contributed by atoms with Crippen LogP contribution in [0.15, 0.2) is 24.3 Å². The lowest BCUT2D eigenvalue weighted by Crippen LogP contribution is -2.10. The molecule has 0 spiro atoms. The molecule has 66 valence electrons. The maximum absolute atomic E-state index is 7.65. The van der Waals surface area contributed by atoms with Crippen LogP contribution in [0.25, 0.3) is 0 Å². The van der Waals surface area contributed by atoms with Gasteiger partial charge in [0.2, 0.25) is 0 Å². The predicted octanol–water partition coefficient (Wildman–Crippen LogP) is 3.55. The normalized spacial score (nSPS) is 20.1. The molecule has 0 fully saturated rings. The van der Waals surface area contributed by atoms with Crippen molar-refractivity contribution in [1.82, 2.24) is 0 Å². The molecule has 1 aromatic carbocycles. The number of aryl methyl sites for hydroxylation is 1. The van der Waals surface area contributed by atoms with Crippen molar-refractivity contribution < 1.29 is 6.85 Å². The smallest absolute Gasteiger partial charge is 0.0313 e. The highest BCUT2D eigenvalue weighted by Gasteiger charge is 2.12. The third-order valence-corrected chi connectivity index (χ3v) is 1.90. The summed E-state index contributed by atoms with van der Waals surface area (Å²) >= 11 is 0. The molecule has 0 aromatic heterocycles. The zero-order chi connectivity index (χ0) is 13.5. The second-order valence-corrected chi connectivity index (χ2v) is 3.95. The summed E-state index contributed by atoms with van der Waals surface area (Å²) in [5.74, 6) is 0. The third-order valence-electron chi connectivity index (χ3n) is 1.90. The van der Waals surface area contributed by atoms with Crippen LogP contribution in [0.5, 0.6) is 0 Å². The van der Waals surface area contributed by atoms with E-state index in [9.17, 15) is 0 Å². The van der Waals surface area contributed by atoms with Crippen LogP contribution in [0.4, 0.5) is 0 Å². The van der Waals surface area contributed by atoms with E-state index in [1.54, 1.807) is 24.3 Å². The topological polar surface area (TPSA) is 0 Å². The zero-order valence-corrected chi connectivity index (χ0v) is 7.81. The minimum absolute atomic E-state index is 0.0226. The Balaban J connectivity index is 3.12. The SMILES string of the molecule is [2H]C([2H])([2H])C([2H])([2H])c1ccc(C(C)(C)C)cc1. The lowest BCUT2D eigenvalue weighted by Gasteiger charge is -2.18. The lowest BCUT2D eigenvalue weighted by atomic mass is 9.86. The van der Waals surface area contributed by atoms with Gasteiger partial charge in [0, 0.05) is 6.85 Å². The quantitative estimate of drug-likeness (QED) is 0.600. The van der Waals surface area contributed by atoms with E-state index in [-0.39, 0.29) is 11.0 Å². The molecule has 0 unspecified atom stereocenters. The molecule has 0 bridgehead atoms. The molecule has 0 aliphatic carbocycles. The van der Waals surface area contributed by atoms with Crippen LogP contribution >= 0.6 is 0 Å². The fourth-order valence-electron chi connectivity index (χ4n) is 1.05. The minimum Gasteiger partial charge on any atom is -0.0613 e. The van der Waals surface area contributed by atoms with Crippen molar-refractivity contribution in [2.24, 2.45) is 0 Å². The number of rotatable bonds is 1. The molecule has 0 amide bonds. The Labute approximate surface area is 82.6 Å². The Bertz CT molecular complexity index is 381. The van der Waals surface area contributed by atoms with Crippen LogP contribution < -0.4 is 0 Å². The van der Waals surface area contributed by atoms with Crippen LogP contribution in [0.1, 0.15) is 45.6 Å². The summed E-state index contributed by atoms with van der Waals surface area (Å²) in [6.07, 6.45) is -2.30. The van der Waals surface area contributed by atoms with Crippen molar-refractivity contribution in [1.29, 1.82) is 0 Å². The fourth-order valence-corrected chi connectivity index (χ4v) is 1.05. The largest absolute Gasteiger partial charge is 0.0613 e. The third kappa shape index (κ3) is 2.10. The van der Waals surface area contributed by atoms with Crippen LogP contribution in [0, 0.1) is 0 Å². The van der Waals surface area contributed by atoms with Gasteiger partial charge in [-0.05, 0) is 22.9 Å². The van der Waals surface area contributed by atoms with Crippen molar-refractivity contribution in [2.75, 3.05) is 0 Å². The summed E-state index contributed by atoms with van der Waals surface area (Å²) in [6.45, 7) is 3.53. The van der Waals surface area contributed by atoms with Gasteiger partial charge in [-0.3, -0.25) is 0 Å². The molecule has 12 heavy (non-hydrogen) atoms. The van der Waals surface area contributed by atoms with Gasteiger partial charge in [-0.15, -0.1) is 0 Å². The number of hydrogen-bond donors (Lipinski definition) is 0. The number of hydrogen-bond acceptors (Lipinski definition) is 0. The van der Waals surface area contributed by atoms with E-state index in [2.05, 4.69) is 20.8 Å². The van der Waals surface area contributed by atoms with Crippen molar-refractivity contribution in [2.45, 2.75) is 39.4 Å². The standard InChI is InChI=1S/C12H18/c1-5-10-6-8-11(9-7-10)12(2,3)4/h6-9H,5H2,1-4H3/i1D3,5D2. The Morgan fingerprint density at radius 2 is 1.83 bits per heavy atom. The highest BCUT2D eigenvalue weighted by molar-refractivity contribution is 5.27. The van der Waals surface area contributed by atoms with Gasteiger partial charge in [0.25, 0.3) is 0 Å². The van der Waals surface area contributed by atoms with Crippen molar-refractivity contribution in [3.05, 3.63) is 35.4 Å². The second kappa shape index (κ2) is 3.30. The molecule has 0 radical (unpaired) electrons. The van der Waals surface area contributed by atoms with Gasteiger partial charge in [0.1, 0.15) is 0 Å². The molecular formula is C12H18. The van der Waals surface area contributed by atoms with Gasteiger partial charge in [-0.25, -0.2) is 0 Å². The first-order chi connectivity index (χ1) is 7.46. The van der Waals surface area contributed by atoms with Gasteiger partial charge in [0.15, 0.2) is 0 Å². The summed E-state index contributed by atoms with van der Waals surface area (Å²) in [4.78, 5) is 0. The van der Waals surface area contributed by atoms with Gasteiger partial charge < -0.3 is 0 Å². The van der Waals surface area contributed by atoms with E-state index >= 15 is 0 Å². The first kappa shape index (κ1) is 4.45. The summed E-state index contributed by atoms with van der Waals surface area (Å²) in [6, 6.07) is 6.71. The Hall–Kier alpha value is -0.780. The van der Waals surface area contributed by atoms with Crippen LogP contribution in [0.3, 0.4) is 0 Å². The van der Waals surface area contributed by atoms with Crippen LogP contribution in [-0.4, -0.2) is 0 Å². The van der Waals surface area contributed by atoms with Crippen LogP contribution in [-0.2, 0) is 11.8 Å². The summed E-state index contributed by atoms with van der Waals surface area (Å²) < 4.78 is 36.9. The predicted molar refractivity (Wildman–Crippen MR) is 54.5 cm³/mol. The van der Waals surface area contributed by atoms with Gasteiger partial charge in [0.05, 0.1) is 0 Å². The molecule has 0 saturated carbocycles.